The molecule has 0 radical (unpaired) electrons. The SMILES string of the molecule is NC(N)=NCCC[C@H](NC(=O)CN1CCN(CC(=O)O)CCN(CC(=O)O)CCN(CC(=O)O)CC1)C(=O)NCCCCC(=O)NCc1ccc(C(=O)NCC(=O)N2CCCC2B(O)O)cc1. The van der Waals surface area contributed by atoms with Gasteiger partial charge in [-0.3, -0.25) is 62.9 Å². The van der Waals surface area contributed by atoms with E-state index >= 15 is 0 Å². The summed E-state index contributed by atoms with van der Waals surface area (Å²) in [5.41, 5.74) is 11.9. The first-order chi connectivity index (χ1) is 31.9. The third-order valence-corrected chi connectivity index (χ3v) is 11.2. The van der Waals surface area contributed by atoms with Gasteiger partial charge in [-0.15, -0.1) is 0 Å². The fourth-order valence-electron chi connectivity index (χ4n) is 7.58. The molecule has 0 saturated carbocycles. The van der Waals surface area contributed by atoms with Crippen molar-refractivity contribution in [3.63, 3.8) is 0 Å². The molecule has 3 rings (SSSR count). The summed E-state index contributed by atoms with van der Waals surface area (Å²) in [7, 11) is -1.65. The average molecular weight is 947 g/mol. The van der Waals surface area contributed by atoms with E-state index in [1.807, 2.05) is 0 Å². The van der Waals surface area contributed by atoms with E-state index in [1.54, 1.807) is 43.9 Å². The van der Waals surface area contributed by atoms with Gasteiger partial charge in [0.25, 0.3) is 5.91 Å². The van der Waals surface area contributed by atoms with Gasteiger partial charge in [-0.2, -0.15) is 0 Å². The van der Waals surface area contributed by atoms with Crippen LogP contribution in [0.3, 0.4) is 0 Å². The molecule has 0 aromatic heterocycles. The Morgan fingerprint density at radius 1 is 0.687 bits per heavy atom. The number of rotatable bonds is 25. The van der Waals surface area contributed by atoms with E-state index in [2.05, 4.69) is 26.3 Å². The number of nitrogens with one attached hydrogen (secondary N) is 4. The van der Waals surface area contributed by atoms with Crippen LogP contribution in [0.15, 0.2) is 29.3 Å². The molecule has 2 fully saturated rings. The summed E-state index contributed by atoms with van der Waals surface area (Å²) in [5, 5.41) is 58.4. The first-order valence-electron chi connectivity index (χ1n) is 22.4. The van der Waals surface area contributed by atoms with E-state index in [0.717, 1.165) is 5.56 Å². The molecule has 1 unspecified atom stereocenters. The van der Waals surface area contributed by atoms with E-state index in [0.29, 0.717) is 44.2 Å². The Labute approximate surface area is 389 Å². The maximum atomic E-state index is 13.5. The third kappa shape index (κ3) is 22.4. The van der Waals surface area contributed by atoms with E-state index in [4.69, 9.17) is 11.5 Å². The van der Waals surface area contributed by atoms with Gasteiger partial charge in [0, 0.05) is 90.5 Å². The van der Waals surface area contributed by atoms with Crippen LogP contribution in [0.25, 0.3) is 0 Å². The molecule has 372 valence electrons. The van der Waals surface area contributed by atoms with E-state index in [1.165, 1.54) is 4.90 Å². The highest BCUT2D eigenvalue weighted by Gasteiger charge is 2.36. The van der Waals surface area contributed by atoms with Crippen molar-refractivity contribution in [2.24, 2.45) is 16.5 Å². The Bertz CT molecular complexity index is 1810. The van der Waals surface area contributed by atoms with Gasteiger partial charge in [0.05, 0.1) is 38.7 Å². The fraction of sp³-hybridized carbons (Fsp3) is 0.634. The highest BCUT2D eigenvalue weighted by Crippen LogP contribution is 2.18. The number of unbranched alkanes of at least 4 members (excludes halogenated alkanes) is 1. The fourth-order valence-corrected chi connectivity index (χ4v) is 7.58. The molecule has 1 aromatic carbocycles. The lowest BCUT2D eigenvalue weighted by Gasteiger charge is -2.33. The summed E-state index contributed by atoms with van der Waals surface area (Å²) in [6.07, 6.45) is 2.69. The molecule has 26 heteroatoms. The van der Waals surface area contributed by atoms with Crippen molar-refractivity contribution in [3.8, 4) is 0 Å². The lowest BCUT2D eigenvalue weighted by atomic mass is 9.78. The van der Waals surface area contributed by atoms with Crippen LogP contribution >= 0.6 is 0 Å². The number of aliphatic imine (C=N–C) groups is 1. The van der Waals surface area contributed by atoms with Crippen molar-refractivity contribution >= 4 is 60.5 Å². The van der Waals surface area contributed by atoms with Crippen LogP contribution in [0.4, 0.5) is 0 Å². The van der Waals surface area contributed by atoms with Gasteiger partial charge in [-0.05, 0) is 56.2 Å². The minimum atomic E-state index is -1.65. The van der Waals surface area contributed by atoms with E-state index in [9.17, 15) is 63.7 Å². The van der Waals surface area contributed by atoms with Crippen molar-refractivity contribution in [2.45, 2.75) is 63.5 Å². The van der Waals surface area contributed by atoms with Crippen LogP contribution in [0, 0.1) is 0 Å². The van der Waals surface area contributed by atoms with Gasteiger partial charge in [-0.1, -0.05) is 12.1 Å². The largest absolute Gasteiger partial charge is 0.480 e. The van der Waals surface area contributed by atoms with E-state index < -0.39 is 60.6 Å². The normalized spacial score (nSPS) is 17.2. The summed E-state index contributed by atoms with van der Waals surface area (Å²) in [6.45, 7) is 1.29. The number of hydrogen-bond donors (Lipinski definition) is 11. The number of nitrogens with zero attached hydrogens (tertiary/aromatic N) is 6. The maximum Gasteiger partial charge on any atom is 0.475 e. The van der Waals surface area contributed by atoms with E-state index in [-0.39, 0.29) is 129 Å². The van der Waals surface area contributed by atoms with Crippen LogP contribution < -0.4 is 32.7 Å². The minimum absolute atomic E-state index is 0.128. The van der Waals surface area contributed by atoms with Crippen LogP contribution in [0.2, 0.25) is 0 Å². The molecule has 0 spiro atoms. The maximum absolute atomic E-state index is 13.5. The zero-order chi connectivity index (χ0) is 49.3. The quantitative estimate of drug-likeness (QED) is 0.0190. The second-order valence-electron chi connectivity index (χ2n) is 16.5. The Hall–Kier alpha value is -5.93. The lowest BCUT2D eigenvalue weighted by molar-refractivity contribution is -0.140. The first-order valence-corrected chi connectivity index (χ1v) is 22.4. The van der Waals surface area contributed by atoms with Gasteiger partial charge in [0.15, 0.2) is 5.96 Å². The predicted molar refractivity (Wildman–Crippen MR) is 243 cm³/mol. The number of aliphatic carboxylic acids is 3. The number of amides is 5. The number of likely N-dealkylation sites (tertiary alicyclic amines) is 1. The number of carbonyl (C=O) groups excluding carboxylic acids is 5. The van der Waals surface area contributed by atoms with Crippen molar-refractivity contribution in [1.82, 2.24) is 45.8 Å². The van der Waals surface area contributed by atoms with Crippen LogP contribution in [0.5, 0.6) is 0 Å². The Morgan fingerprint density at radius 3 is 1.73 bits per heavy atom. The summed E-state index contributed by atoms with van der Waals surface area (Å²) in [6, 6.07) is 5.49. The molecule has 25 nitrogen and oxygen atoms in total. The lowest BCUT2D eigenvalue weighted by Crippen LogP contribution is -2.52. The molecule has 2 saturated heterocycles. The van der Waals surface area contributed by atoms with Crippen LogP contribution in [-0.2, 0) is 40.1 Å². The molecule has 67 heavy (non-hydrogen) atoms. The number of nitrogens with two attached hydrogens (primary N) is 2. The summed E-state index contributed by atoms with van der Waals surface area (Å²) >= 11 is 0. The third-order valence-electron chi connectivity index (χ3n) is 11.2. The van der Waals surface area contributed by atoms with Crippen LogP contribution in [0.1, 0.15) is 60.9 Å². The van der Waals surface area contributed by atoms with Crippen LogP contribution in [-0.4, -0.2) is 227 Å². The number of hydrogen-bond acceptors (Lipinski definition) is 15. The van der Waals surface area contributed by atoms with Crippen molar-refractivity contribution in [3.05, 3.63) is 35.4 Å². The van der Waals surface area contributed by atoms with Crippen molar-refractivity contribution < 1.29 is 63.7 Å². The zero-order valence-electron chi connectivity index (χ0n) is 37.9. The molecule has 0 bridgehead atoms. The number of carbonyl (C=O) groups is 8. The molecule has 2 aliphatic heterocycles. The van der Waals surface area contributed by atoms with Gasteiger partial charge in [0.1, 0.15) is 6.04 Å². The Morgan fingerprint density at radius 2 is 1.22 bits per heavy atom. The average Bonchev–Trinajstić information content (AvgIpc) is 3.77. The summed E-state index contributed by atoms with van der Waals surface area (Å²) in [4.78, 5) is 111. The molecule has 0 aliphatic carbocycles. The number of guanidine groups is 1. The monoisotopic (exact) mass is 947 g/mol. The summed E-state index contributed by atoms with van der Waals surface area (Å²) < 4.78 is 0. The number of benzene rings is 1. The molecule has 1 aromatic rings. The zero-order valence-corrected chi connectivity index (χ0v) is 37.9. The molecule has 2 atom stereocenters. The van der Waals surface area contributed by atoms with Gasteiger partial charge in [0.2, 0.25) is 23.6 Å². The van der Waals surface area contributed by atoms with Crippen molar-refractivity contribution in [2.75, 3.05) is 105 Å². The van der Waals surface area contributed by atoms with Gasteiger partial charge in [-0.25, -0.2) is 0 Å². The second-order valence-corrected chi connectivity index (χ2v) is 16.5. The number of carboxylic acids is 3. The second kappa shape index (κ2) is 29.7. The molecule has 5 amide bonds. The molecule has 2 aliphatic rings. The smallest absolute Gasteiger partial charge is 0.475 e. The van der Waals surface area contributed by atoms with Gasteiger partial charge < -0.3 is 63.0 Å². The molecule has 2 heterocycles. The summed E-state index contributed by atoms with van der Waals surface area (Å²) in [5.74, 6) is -6.15. The minimum Gasteiger partial charge on any atom is -0.480 e. The molecular weight excluding hydrogens is 879 g/mol. The standard InChI is InChI=1S/C41H67BN12O13/c43-41(44)46-13-3-5-31(49-34(56)25-50-15-17-51(26-36(58)59)19-21-53(28-38(62)63)22-20-52(18-16-50)27-37(60)61)40(65)45-12-2-1-7-33(55)47-23-29-8-10-30(11-9-29)39(64)48-24-35(57)54-14-4-6-32(54)42(66)67/h8-11,31-32,66-67H,1-7,12-28H2,(H,45,65)(H,47,55)(H,48,64)(H,49,56)(H,58,59)(H,60,61)(H,62,63)(H4,43,44,46)/t31-,32?/m0/s1. The van der Waals surface area contributed by atoms with Crippen molar-refractivity contribution in [1.29, 1.82) is 0 Å². The Balaban J connectivity index is 1.49. The topological polar surface area (TPSA) is 366 Å². The number of carboxylic acid groups (broad SMARTS) is 3. The van der Waals surface area contributed by atoms with Gasteiger partial charge >= 0.3 is 25.0 Å². The first kappa shape index (κ1) is 55.4. The highest BCUT2D eigenvalue weighted by atomic mass is 16.4. The predicted octanol–water partition coefficient (Wildman–Crippen LogP) is -4.66. The molecular formula is C41H67BN12O13. The Kier molecular flexibility index (Phi) is 24.5. The highest BCUT2D eigenvalue weighted by molar-refractivity contribution is 6.43. The molecule has 13 N–H and O–H groups in total.